The Morgan fingerprint density at radius 3 is 2.53 bits per heavy atom. The fraction of sp³-hybridized carbons (Fsp3) is 0.909. The smallest absolute Gasteiger partial charge is 0.313 e. The minimum absolute atomic E-state index is 0.0144. The Balaban J connectivity index is 2.13. The lowest BCUT2D eigenvalue weighted by atomic mass is 9.70. The normalized spacial score (nSPS) is 32.9. The summed E-state index contributed by atoms with van der Waals surface area (Å²) in [6, 6.07) is 0. The zero-order valence-corrected chi connectivity index (χ0v) is 9.34. The Kier molecular flexibility index (Phi) is 3.26. The Hall–Kier alpha value is -0.610. The number of carbonyl (C=O) groups excluding carboxylic acids is 1. The van der Waals surface area contributed by atoms with Crippen LogP contribution in [0, 0.1) is 11.3 Å². The van der Waals surface area contributed by atoms with Crippen molar-refractivity contribution >= 4 is 5.97 Å². The van der Waals surface area contributed by atoms with E-state index in [1.165, 1.54) is 7.11 Å². The molecule has 0 aromatic carbocycles. The van der Waals surface area contributed by atoms with Gasteiger partial charge in [0, 0.05) is 6.54 Å². The van der Waals surface area contributed by atoms with Gasteiger partial charge >= 0.3 is 5.97 Å². The molecule has 0 spiro atoms. The second-order valence-corrected chi connectivity index (χ2v) is 4.60. The summed E-state index contributed by atoms with van der Waals surface area (Å²) in [6.45, 7) is 3.80. The number of piperidine rings is 1. The molecule has 86 valence electrons. The molecule has 1 unspecified atom stereocenters. The lowest BCUT2D eigenvalue weighted by Gasteiger charge is -2.36. The molecule has 2 aliphatic rings. The SMILES string of the molecule is COC(=O)C1(C2CCNCC2)CCNC1. The number of hydrogen-bond acceptors (Lipinski definition) is 4. The van der Waals surface area contributed by atoms with Crippen LogP contribution in [-0.4, -0.2) is 39.3 Å². The molecule has 2 saturated heterocycles. The average molecular weight is 212 g/mol. The first kappa shape index (κ1) is 10.9. The zero-order valence-electron chi connectivity index (χ0n) is 9.34. The molecule has 0 aromatic heterocycles. The van der Waals surface area contributed by atoms with E-state index < -0.39 is 0 Å². The summed E-state index contributed by atoms with van der Waals surface area (Å²) in [5.74, 6) is 0.473. The highest BCUT2D eigenvalue weighted by Crippen LogP contribution is 2.40. The second kappa shape index (κ2) is 4.49. The van der Waals surface area contributed by atoms with Crippen LogP contribution in [-0.2, 0) is 9.53 Å². The molecule has 0 saturated carbocycles. The van der Waals surface area contributed by atoms with Gasteiger partial charge in [-0.3, -0.25) is 4.79 Å². The summed E-state index contributed by atoms with van der Waals surface area (Å²) in [6.07, 6.45) is 3.12. The number of methoxy groups -OCH3 is 1. The lowest BCUT2D eigenvalue weighted by Crippen LogP contribution is -2.45. The highest BCUT2D eigenvalue weighted by Gasteiger charge is 2.48. The molecular weight excluding hydrogens is 192 g/mol. The van der Waals surface area contributed by atoms with Gasteiger partial charge in [0.2, 0.25) is 0 Å². The van der Waals surface area contributed by atoms with Crippen LogP contribution in [0.3, 0.4) is 0 Å². The van der Waals surface area contributed by atoms with E-state index >= 15 is 0 Å². The predicted molar refractivity (Wildman–Crippen MR) is 57.5 cm³/mol. The minimum Gasteiger partial charge on any atom is -0.469 e. The number of nitrogens with one attached hydrogen (secondary N) is 2. The topological polar surface area (TPSA) is 50.4 Å². The molecule has 0 bridgehead atoms. The van der Waals surface area contributed by atoms with Gasteiger partial charge in [0.25, 0.3) is 0 Å². The van der Waals surface area contributed by atoms with Crippen LogP contribution in [0.25, 0.3) is 0 Å². The number of ether oxygens (including phenoxy) is 1. The van der Waals surface area contributed by atoms with Gasteiger partial charge in [-0.25, -0.2) is 0 Å². The summed E-state index contributed by atoms with van der Waals surface area (Å²) in [4.78, 5) is 12.0. The Morgan fingerprint density at radius 2 is 2.00 bits per heavy atom. The average Bonchev–Trinajstić information content (AvgIpc) is 2.79. The quantitative estimate of drug-likeness (QED) is 0.639. The molecule has 2 N–H and O–H groups in total. The first-order valence-corrected chi connectivity index (χ1v) is 5.79. The molecular formula is C11H20N2O2. The first-order valence-electron chi connectivity index (χ1n) is 5.79. The fourth-order valence-electron chi connectivity index (χ4n) is 2.98. The molecule has 1 atom stereocenters. The lowest BCUT2D eigenvalue weighted by molar-refractivity contribution is -0.155. The van der Waals surface area contributed by atoms with E-state index in [1.54, 1.807) is 0 Å². The van der Waals surface area contributed by atoms with Crippen molar-refractivity contribution in [1.82, 2.24) is 10.6 Å². The minimum atomic E-state index is -0.239. The summed E-state index contributed by atoms with van der Waals surface area (Å²) >= 11 is 0. The number of esters is 1. The number of rotatable bonds is 2. The predicted octanol–water partition coefficient (Wildman–Crippen LogP) is 0.139. The Labute approximate surface area is 90.8 Å². The standard InChI is InChI=1S/C11H20N2O2/c1-15-10(14)11(4-7-13-8-11)9-2-5-12-6-3-9/h9,12-13H,2-8H2,1H3. The first-order chi connectivity index (χ1) is 7.29. The highest BCUT2D eigenvalue weighted by molar-refractivity contribution is 5.78. The molecule has 0 amide bonds. The summed E-state index contributed by atoms with van der Waals surface area (Å²) in [5.41, 5.74) is -0.239. The molecule has 2 aliphatic heterocycles. The van der Waals surface area contributed by atoms with Gasteiger partial charge in [0.1, 0.15) is 0 Å². The van der Waals surface area contributed by atoms with Gasteiger partial charge in [-0.05, 0) is 44.8 Å². The van der Waals surface area contributed by atoms with Crippen molar-refractivity contribution in [2.75, 3.05) is 33.3 Å². The molecule has 0 aliphatic carbocycles. The summed E-state index contributed by atoms with van der Waals surface area (Å²) in [7, 11) is 1.50. The van der Waals surface area contributed by atoms with Crippen LogP contribution in [0.2, 0.25) is 0 Å². The molecule has 4 heteroatoms. The van der Waals surface area contributed by atoms with Crippen molar-refractivity contribution in [2.45, 2.75) is 19.3 Å². The molecule has 2 rings (SSSR count). The molecule has 15 heavy (non-hydrogen) atoms. The van der Waals surface area contributed by atoms with Crippen molar-refractivity contribution < 1.29 is 9.53 Å². The van der Waals surface area contributed by atoms with E-state index in [-0.39, 0.29) is 11.4 Å². The molecule has 2 heterocycles. The van der Waals surface area contributed by atoms with Crippen LogP contribution in [0.4, 0.5) is 0 Å². The Bertz CT molecular complexity index is 231. The van der Waals surface area contributed by atoms with Gasteiger partial charge in [-0.2, -0.15) is 0 Å². The van der Waals surface area contributed by atoms with Gasteiger partial charge in [-0.1, -0.05) is 0 Å². The van der Waals surface area contributed by atoms with Crippen LogP contribution in [0.5, 0.6) is 0 Å². The van der Waals surface area contributed by atoms with E-state index in [1.807, 2.05) is 0 Å². The third kappa shape index (κ3) is 1.88. The van der Waals surface area contributed by atoms with Crippen LogP contribution < -0.4 is 10.6 Å². The maximum absolute atomic E-state index is 12.0. The zero-order chi connectivity index (χ0) is 10.7. The third-order valence-corrected chi connectivity index (χ3v) is 3.90. The molecule has 4 nitrogen and oxygen atoms in total. The fourth-order valence-corrected chi connectivity index (χ4v) is 2.98. The van der Waals surface area contributed by atoms with Crippen molar-refractivity contribution in [3.8, 4) is 0 Å². The highest BCUT2D eigenvalue weighted by atomic mass is 16.5. The maximum atomic E-state index is 12.0. The summed E-state index contributed by atoms with van der Waals surface area (Å²) in [5, 5.41) is 6.64. The maximum Gasteiger partial charge on any atom is 0.313 e. The van der Waals surface area contributed by atoms with E-state index in [4.69, 9.17) is 4.74 Å². The van der Waals surface area contributed by atoms with E-state index in [9.17, 15) is 4.79 Å². The third-order valence-electron chi connectivity index (χ3n) is 3.90. The molecule has 2 fully saturated rings. The van der Waals surface area contributed by atoms with Crippen LogP contribution in [0.15, 0.2) is 0 Å². The summed E-state index contributed by atoms with van der Waals surface area (Å²) < 4.78 is 4.99. The molecule has 0 radical (unpaired) electrons. The number of carbonyl (C=O) groups is 1. The number of hydrogen-bond donors (Lipinski definition) is 2. The van der Waals surface area contributed by atoms with E-state index in [0.29, 0.717) is 5.92 Å². The second-order valence-electron chi connectivity index (χ2n) is 4.60. The van der Waals surface area contributed by atoms with Gasteiger partial charge < -0.3 is 15.4 Å². The van der Waals surface area contributed by atoms with Gasteiger partial charge in [0.05, 0.1) is 12.5 Å². The van der Waals surface area contributed by atoms with E-state index in [0.717, 1.165) is 45.4 Å². The largest absolute Gasteiger partial charge is 0.469 e. The van der Waals surface area contributed by atoms with E-state index in [2.05, 4.69) is 10.6 Å². The van der Waals surface area contributed by atoms with Gasteiger partial charge in [0.15, 0.2) is 0 Å². The monoisotopic (exact) mass is 212 g/mol. The van der Waals surface area contributed by atoms with Crippen molar-refractivity contribution in [1.29, 1.82) is 0 Å². The van der Waals surface area contributed by atoms with Crippen molar-refractivity contribution in [3.63, 3.8) is 0 Å². The van der Waals surface area contributed by atoms with Crippen molar-refractivity contribution in [2.24, 2.45) is 11.3 Å². The van der Waals surface area contributed by atoms with Gasteiger partial charge in [-0.15, -0.1) is 0 Å². The Morgan fingerprint density at radius 1 is 1.27 bits per heavy atom. The van der Waals surface area contributed by atoms with Crippen LogP contribution in [0.1, 0.15) is 19.3 Å². The van der Waals surface area contributed by atoms with Crippen LogP contribution >= 0.6 is 0 Å². The molecule has 0 aromatic rings. The van der Waals surface area contributed by atoms with Crippen molar-refractivity contribution in [3.05, 3.63) is 0 Å².